The standard InChI is InChI=1S/C27H22FNO4/c1-17-6-4-7-18(26(17)31)15-21(30)16-33-25-13-12-24(22-10-2-3-11-23(22)25)29-27(32)19-8-5-9-20(28)14-19/h2-14,31H,15-16H2,1H3,(H,29,32). The smallest absolute Gasteiger partial charge is 0.255 e. The highest BCUT2D eigenvalue weighted by Gasteiger charge is 2.14. The minimum Gasteiger partial charge on any atom is -0.507 e. The molecular weight excluding hydrogens is 421 g/mol. The molecule has 0 atom stereocenters. The minimum absolute atomic E-state index is 0.0627. The third-order valence-corrected chi connectivity index (χ3v) is 5.32. The number of carbonyl (C=O) groups is 2. The van der Waals surface area contributed by atoms with Gasteiger partial charge in [0.2, 0.25) is 0 Å². The molecule has 0 heterocycles. The van der Waals surface area contributed by atoms with Gasteiger partial charge in [-0.1, -0.05) is 48.5 Å². The molecule has 0 aliphatic heterocycles. The number of phenolic OH excluding ortho intramolecular Hbond substituents is 1. The molecule has 6 heteroatoms. The Kier molecular flexibility index (Phi) is 6.36. The van der Waals surface area contributed by atoms with E-state index in [9.17, 15) is 19.1 Å². The van der Waals surface area contributed by atoms with E-state index in [1.54, 1.807) is 37.3 Å². The summed E-state index contributed by atoms with van der Waals surface area (Å²) in [4.78, 5) is 25.0. The molecule has 0 aromatic heterocycles. The molecule has 0 aliphatic carbocycles. The normalized spacial score (nSPS) is 10.7. The Labute approximate surface area is 190 Å². The van der Waals surface area contributed by atoms with Crippen LogP contribution in [0.5, 0.6) is 11.5 Å². The lowest BCUT2D eigenvalue weighted by molar-refractivity contribution is -0.120. The molecule has 5 nitrogen and oxygen atoms in total. The second-order valence-corrected chi connectivity index (χ2v) is 7.71. The van der Waals surface area contributed by atoms with E-state index in [4.69, 9.17) is 4.74 Å². The van der Waals surface area contributed by atoms with Crippen molar-refractivity contribution in [3.05, 3.63) is 101 Å². The zero-order chi connectivity index (χ0) is 23.4. The number of fused-ring (bicyclic) bond motifs is 1. The van der Waals surface area contributed by atoms with Gasteiger partial charge < -0.3 is 15.2 Å². The van der Waals surface area contributed by atoms with Gasteiger partial charge in [-0.2, -0.15) is 0 Å². The number of ether oxygens (including phenoxy) is 1. The van der Waals surface area contributed by atoms with Crippen LogP contribution in [0.2, 0.25) is 0 Å². The number of rotatable bonds is 7. The Morgan fingerprint density at radius 1 is 0.939 bits per heavy atom. The summed E-state index contributed by atoms with van der Waals surface area (Å²) in [6, 6.07) is 21.4. The molecule has 4 aromatic carbocycles. The summed E-state index contributed by atoms with van der Waals surface area (Å²) in [5.41, 5.74) is 2.03. The predicted octanol–water partition coefficient (Wildman–Crippen LogP) is 5.44. The maximum absolute atomic E-state index is 13.5. The highest BCUT2D eigenvalue weighted by Crippen LogP contribution is 2.32. The number of hydrogen-bond donors (Lipinski definition) is 2. The van der Waals surface area contributed by atoms with E-state index in [0.29, 0.717) is 22.6 Å². The number of phenols is 1. The highest BCUT2D eigenvalue weighted by atomic mass is 19.1. The van der Waals surface area contributed by atoms with Gasteiger partial charge >= 0.3 is 0 Å². The minimum atomic E-state index is -0.486. The summed E-state index contributed by atoms with van der Waals surface area (Å²) in [6.45, 7) is 1.62. The largest absolute Gasteiger partial charge is 0.507 e. The molecule has 1 amide bonds. The molecule has 166 valence electrons. The van der Waals surface area contributed by atoms with Gasteiger partial charge in [-0.05, 0) is 42.8 Å². The van der Waals surface area contributed by atoms with Crippen molar-refractivity contribution in [3.63, 3.8) is 0 Å². The van der Waals surface area contributed by atoms with E-state index < -0.39 is 11.7 Å². The summed E-state index contributed by atoms with van der Waals surface area (Å²) < 4.78 is 19.3. The van der Waals surface area contributed by atoms with Gasteiger partial charge in [0.15, 0.2) is 5.78 Å². The number of aromatic hydroxyl groups is 1. The predicted molar refractivity (Wildman–Crippen MR) is 125 cm³/mol. The maximum atomic E-state index is 13.5. The average Bonchev–Trinajstić information content (AvgIpc) is 2.81. The van der Waals surface area contributed by atoms with Gasteiger partial charge in [0.1, 0.15) is 23.9 Å². The first kappa shape index (κ1) is 22.0. The monoisotopic (exact) mass is 443 g/mol. The molecule has 0 bridgehead atoms. The zero-order valence-electron chi connectivity index (χ0n) is 18.0. The van der Waals surface area contributed by atoms with Crippen LogP contribution in [0.1, 0.15) is 21.5 Å². The first-order valence-corrected chi connectivity index (χ1v) is 10.4. The van der Waals surface area contributed by atoms with Crippen molar-refractivity contribution in [2.45, 2.75) is 13.3 Å². The van der Waals surface area contributed by atoms with Crippen LogP contribution in [0.25, 0.3) is 10.8 Å². The van der Waals surface area contributed by atoms with Crippen molar-refractivity contribution in [2.75, 3.05) is 11.9 Å². The van der Waals surface area contributed by atoms with Crippen molar-refractivity contribution >= 4 is 28.2 Å². The summed E-state index contributed by atoms with van der Waals surface area (Å²) in [6.07, 6.45) is 0.0627. The summed E-state index contributed by atoms with van der Waals surface area (Å²) in [5.74, 6) is -0.476. The van der Waals surface area contributed by atoms with Crippen LogP contribution in [0, 0.1) is 12.7 Å². The molecule has 0 saturated carbocycles. The van der Waals surface area contributed by atoms with E-state index in [0.717, 1.165) is 10.8 Å². The molecule has 4 rings (SSSR count). The molecule has 4 aromatic rings. The fraction of sp³-hybridized carbons (Fsp3) is 0.111. The molecule has 0 saturated heterocycles. The lowest BCUT2D eigenvalue weighted by atomic mass is 10.0. The van der Waals surface area contributed by atoms with Crippen LogP contribution in [0.3, 0.4) is 0 Å². The molecule has 0 unspecified atom stereocenters. The van der Waals surface area contributed by atoms with E-state index in [1.807, 2.05) is 24.3 Å². The van der Waals surface area contributed by atoms with E-state index >= 15 is 0 Å². The number of halogens is 1. The van der Waals surface area contributed by atoms with Gasteiger partial charge in [-0.25, -0.2) is 4.39 Å². The second-order valence-electron chi connectivity index (χ2n) is 7.71. The topological polar surface area (TPSA) is 75.6 Å². The number of aryl methyl sites for hydroxylation is 1. The fourth-order valence-electron chi connectivity index (χ4n) is 3.61. The number of anilines is 1. The Balaban J connectivity index is 1.51. The van der Waals surface area contributed by atoms with Crippen molar-refractivity contribution in [1.82, 2.24) is 0 Å². The maximum Gasteiger partial charge on any atom is 0.255 e. The van der Waals surface area contributed by atoms with Gasteiger partial charge in [0.05, 0.1) is 0 Å². The van der Waals surface area contributed by atoms with E-state index in [1.165, 1.54) is 24.3 Å². The van der Waals surface area contributed by atoms with Crippen LogP contribution >= 0.6 is 0 Å². The third kappa shape index (κ3) is 5.01. The summed E-state index contributed by atoms with van der Waals surface area (Å²) in [5, 5.41) is 14.4. The molecule has 0 aliphatic rings. The van der Waals surface area contributed by atoms with Crippen LogP contribution < -0.4 is 10.1 Å². The lowest BCUT2D eigenvalue weighted by Crippen LogP contribution is -2.15. The first-order valence-electron chi connectivity index (χ1n) is 10.4. The Hall–Kier alpha value is -4.19. The van der Waals surface area contributed by atoms with Crippen molar-refractivity contribution < 1.29 is 23.8 Å². The van der Waals surface area contributed by atoms with Crippen LogP contribution in [0.4, 0.5) is 10.1 Å². The highest BCUT2D eigenvalue weighted by molar-refractivity contribution is 6.10. The fourth-order valence-corrected chi connectivity index (χ4v) is 3.61. The molecular formula is C27H22FNO4. The van der Waals surface area contributed by atoms with Crippen LogP contribution in [0.15, 0.2) is 78.9 Å². The van der Waals surface area contributed by atoms with Crippen molar-refractivity contribution in [2.24, 2.45) is 0 Å². The van der Waals surface area contributed by atoms with Gasteiger partial charge in [0.25, 0.3) is 5.91 Å². The zero-order valence-corrected chi connectivity index (χ0v) is 18.0. The number of ketones is 1. The number of nitrogens with one attached hydrogen (secondary N) is 1. The first-order chi connectivity index (χ1) is 15.9. The quantitative estimate of drug-likeness (QED) is 0.399. The molecule has 33 heavy (non-hydrogen) atoms. The number of hydrogen-bond acceptors (Lipinski definition) is 4. The molecule has 0 spiro atoms. The third-order valence-electron chi connectivity index (χ3n) is 5.32. The van der Waals surface area contributed by atoms with Gasteiger partial charge in [-0.3, -0.25) is 9.59 Å². The van der Waals surface area contributed by atoms with E-state index in [-0.39, 0.29) is 30.1 Å². The Morgan fingerprint density at radius 2 is 1.70 bits per heavy atom. The number of Topliss-reactive ketones (excluding diaryl/α,β-unsaturated/α-hetero) is 1. The lowest BCUT2D eigenvalue weighted by Gasteiger charge is -2.13. The molecule has 0 fully saturated rings. The van der Waals surface area contributed by atoms with Gasteiger partial charge in [0, 0.05) is 34.0 Å². The Bertz CT molecular complexity index is 1350. The molecule has 0 radical (unpaired) electrons. The average molecular weight is 443 g/mol. The summed E-state index contributed by atoms with van der Waals surface area (Å²) >= 11 is 0. The molecule has 2 N–H and O–H groups in total. The number of para-hydroxylation sites is 1. The number of benzene rings is 4. The van der Waals surface area contributed by atoms with Crippen molar-refractivity contribution in [3.8, 4) is 11.5 Å². The number of amides is 1. The van der Waals surface area contributed by atoms with Crippen LogP contribution in [-0.2, 0) is 11.2 Å². The second kappa shape index (κ2) is 9.53. The van der Waals surface area contributed by atoms with E-state index in [2.05, 4.69) is 5.32 Å². The SMILES string of the molecule is Cc1cccc(CC(=O)COc2ccc(NC(=O)c3cccc(F)c3)c3ccccc23)c1O. The van der Waals surface area contributed by atoms with Gasteiger partial charge in [-0.15, -0.1) is 0 Å². The van der Waals surface area contributed by atoms with Crippen LogP contribution in [-0.4, -0.2) is 23.4 Å². The number of carbonyl (C=O) groups excluding carboxylic acids is 2. The Morgan fingerprint density at radius 3 is 2.48 bits per heavy atom. The summed E-state index contributed by atoms with van der Waals surface area (Å²) in [7, 11) is 0. The van der Waals surface area contributed by atoms with Crippen molar-refractivity contribution in [1.29, 1.82) is 0 Å².